The highest BCUT2D eigenvalue weighted by Crippen LogP contribution is 2.45. The van der Waals surface area contributed by atoms with E-state index in [4.69, 9.17) is 44.5 Å². The lowest BCUT2D eigenvalue weighted by Gasteiger charge is -2.34. The summed E-state index contributed by atoms with van der Waals surface area (Å²) in [6.07, 6.45) is 0.478. The predicted octanol–water partition coefficient (Wildman–Crippen LogP) is 7.74. The first kappa shape index (κ1) is 20.1. The van der Waals surface area contributed by atoms with Gasteiger partial charge in [-0.15, -0.1) is 0 Å². The number of hydrogen-bond acceptors (Lipinski definition) is 4. The van der Waals surface area contributed by atoms with Crippen LogP contribution in [0.25, 0.3) is 22.4 Å². The summed E-state index contributed by atoms with van der Waals surface area (Å²) in [5, 5.41) is 4.97. The second-order valence-electron chi connectivity index (χ2n) is 7.60. The summed E-state index contributed by atoms with van der Waals surface area (Å²) in [6.45, 7) is 3.83. The van der Waals surface area contributed by atoms with Crippen LogP contribution in [0.2, 0.25) is 15.1 Å². The monoisotopic (exact) mass is 446 g/mol. The standard InChI is InChI=1S/C22H17Cl3N2O2/c1-22(2)11-19(27-28)17-10-16(12-3-5-13(23)6-4-12)20(26-21(17)29-22)15-8-7-14(24)9-18(15)25/h3-10,19H,11H2,1-2H3. The third kappa shape index (κ3) is 3.97. The summed E-state index contributed by atoms with van der Waals surface area (Å²) < 4.78 is 6.09. The Morgan fingerprint density at radius 2 is 1.69 bits per heavy atom. The van der Waals surface area contributed by atoms with Crippen LogP contribution >= 0.6 is 34.8 Å². The van der Waals surface area contributed by atoms with Gasteiger partial charge >= 0.3 is 0 Å². The van der Waals surface area contributed by atoms with Gasteiger partial charge in [0, 0.05) is 33.2 Å². The van der Waals surface area contributed by atoms with Gasteiger partial charge in [0.2, 0.25) is 5.88 Å². The lowest BCUT2D eigenvalue weighted by atomic mass is 9.89. The van der Waals surface area contributed by atoms with Crippen LogP contribution in [-0.4, -0.2) is 10.6 Å². The zero-order chi connectivity index (χ0) is 20.8. The molecule has 0 N–H and O–H groups in total. The molecule has 0 radical (unpaired) electrons. The molecule has 0 aliphatic carbocycles. The molecular formula is C22H17Cl3N2O2. The Bertz CT molecular complexity index is 1100. The summed E-state index contributed by atoms with van der Waals surface area (Å²) >= 11 is 18.6. The minimum Gasteiger partial charge on any atom is -0.471 e. The number of aromatic nitrogens is 1. The first-order valence-corrected chi connectivity index (χ1v) is 10.2. The highest BCUT2D eigenvalue weighted by molar-refractivity contribution is 6.36. The Hall–Kier alpha value is -2.14. The Labute approximate surface area is 183 Å². The molecule has 4 nitrogen and oxygen atoms in total. The molecule has 0 saturated heterocycles. The normalized spacial score (nSPS) is 17.3. The topological polar surface area (TPSA) is 51.5 Å². The van der Waals surface area contributed by atoms with Crippen molar-refractivity contribution in [2.24, 2.45) is 5.18 Å². The average molecular weight is 448 g/mol. The number of ether oxygens (including phenoxy) is 1. The molecule has 1 atom stereocenters. The highest BCUT2D eigenvalue weighted by Gasteiger charge is 2.36. The maximum atomic E-state index is 11.6. The minimum atomic E-state index is -0.554. The van der Waals surface area contributed by atoms with E-state index in [9.17, 15) is 4.91 Å². The van der Waals surface area contributed by atoms with Gasteiger partial charge in [0.25, 0.3) is 0 Å². The van der Waals surface area contributed by atoms with E-state index in [1.54, 1.807) is 24.3 Å². The second kappa shape index (κ2) is 7.60. The maximum absolute atomic E-state index is 11.6. The zero-order valence-corrected chi connectivity index (χ0v) is 18.0. The quantitative estimate of drug-likeness (QED) is 0.386. The number of pyridine rings is 1. The largest absolute Gasteiger partial charge is 0.471 e. The number of halogens is 3. The van der Waals surface area contributed by atoms with Crippen molar-refractivity contribution >= 4 is 34.8 Å². The van der Waals surface area contributed by atoms with E-state index in [-0.39, 0.29) is 0 Å². The van der Waals surface area contributed by atoms with Crippen LogP contribution in [0, 0.1) is 4.91 Å². The summed E-state index contributed by atoms with van der Waals surface area (Å²) in [5.74, 6) is 0.393. The molecule has 0 saturated carbocycles. The van der Waals surface area contributed by atoms with Crippen LogP contribution in [0.3, 0.4) is 0 Å². The predicted molar refractivity (Wildman–Crippen MR) is 118 cm³/mol. The van der Waals surface area contributed by atoms with Crippen LogP contribution in [0.4, 0.5) is 0 Å². The Balaban J connectivity index is 1.99. The van der Waals surface area contributed by atoms with Gasteiger partial charge in [-0.1, -0.05) is 52.1 Å². The van der Waals surface area contributed by atoms with Crippen molar-refractivity contribution in [1.82, 2.24) is 4.98 Å². The van der Waals surface area contributed by atoms with Crippen molar-refractivity contribution in [2.75, 3.05) is 0 Å². The average Bonchev–Trinajstić information content (AvgIpc) is 2.66. The first-order valence-electron chi connectivity index (χ1n) is 9.05. The van der Waals surface area contributed by atoms with E-state index < -0.39 is 11.6 Å². The van der Waals surface area contributed by atoms with E-state index in [1.807, 2.05) is 38.1 Å². The number of rotatable bonds is 3. The minimum absolute atomic E-state index is 0.393. The van der Waals surface area contributed by atoms with Crippen LogP contribution in [-0.2, 0) is 0 Å². The Kier molecular flexibility index (Phi) is 5.28. The van der Waals surface area contributed by atoms with E-state index in [0.717, 1.165) is 11.1 Å². The molecule has 1 aliphatic heterocycles. The van der Waals surface area contributed by atoms with E-state index in [0.29, 0.717) is 44.2 Å². The van der Waals surface area contributed by atoms with Gasteiger partial charge < -0.3 is 4.74 Å². The van der Waals surface area contributed by atoms with Crippen LogP contribution < -0.4 is 4.74 Å². The lowest BCUT2D eigenvalue weighted by Crippen LogP contribution is -2.35. The van der Waals surface area contributed by atoms with Gasteiger partial charge in [0.1, 0.15) is 11.6 Å². The molecule has 4 rings (SSSR count). The molecule has 3 aromatic rings. The molecule has 0 amide bonds. The van der Waals surface area contributed by atoms with Gasteiger partial charge in [-0.2, -0.15) is 4.91 Å². The first-order chi connectivity index (χ1) is 13.8. The Morgan fingerprint density at radius 3 is 2.34 bits per heavy atom. The van der Waals surface area contributed by atoms with Crippen molar-refractivity contribution in [3.63, 3.8) is 0 Å². The Morgan fingerprint density at radius 1 is 1.00 bits per heavy atom. The van der Waals surface area contributed by atoms with Gasteiger partial charge in [0.15, 0.2) is 0 Å². The van der Waals surface area contributed by atoms with Crippen molar-refractivity contribution in [2.45, 2.75) is 31.9 Å². The van der Waals surface area contributed by atoms with Gasteiger partial charge in [-0.05, 0) is 55.8 Å². The molecule has 1 unspecified atom stereocenters. The van der Waals surface area contributed by atoms with Crippen molar-refractivity contribution in [1.29, 1.82) is 0 Å². The molecule has 148 valence electrons. The SMILES string of the molecule is CC1(C)CC(N=O)c2cc(-c3ccc(Cl)cc3)c(-c3ccc(Cl)cc3Cl)nc2O1. The fraction of sp³-hybridized carbons (Fsp3) is 0.227. The van der Waals surface area contributed by atoms with E-state index in [2.05, 4.69) is 5.18 Å². The van der Waals surface area contributed by atoms with Crippen molar-refractivity contribution in [3.05, 3.63) is 74.1 Å². The number of nitrogens with zero attached hydrogens (tertiary/aromatic N) is 2. The molecule has 2 heterocycles. The third-order valence-electron chi connectivity index (χ3n) is 4.90. The summed E-state index contributed by atoms with van der Waals surface area (Å²) in [5.41, 5.74) is 3.16. The second-order valence-corrected chi connectivity index (χ2v) is 8.88. The molecule has 1 aliphatic rings. The van der Waals surface area contributed by atoms with Gasteiger partial charge in [0.05, 0.1) is 10.7 Å². The molecule has 0 fully saturated rings. The lowest BCUT2D eigenvalue weighted by molar-refractivity contribution is 0.0670. The van der Waals surface area contributed by atoms with Crippen molar-refractivity contribution < 1.29 is 4.74 Å². The van der Waals surface area contributed by atoms with Crippen LogP contribution in [0.1, 0.15) is 31.9 Å². The number of nitroso groups, excluding NO2 is 1. The van der Waals surface area contributed by atoms with Crippen LogP contribution in [0.15, 0.2) is 53.7 Å². The molecule has 0 spiro atoms. The number of fused-ring (bicyclic) bond motifs is 1. The molecular weight excluding hydrogens is 431 g/mol. The fourth-order valence-corrected chi connectivity index (χ4v) is 4.17. The third-order valence-corrected chi connectivity index (χ3v) is 5.70. The molecule has 1 aromatic heterocycles. The molecule has 0 bridgehead atoms. The van der Waals surface area contributed by atoms with E-state index >= 15 is 0 Å². The summed E-state index contributed by atoms with van der Waals surface area (Å²) in [7, 11) is 0. The highest BCUT2D eigenvalue weighted by atomic mass is 35.5. The van der Waals surface area contributed by atoms with Crippen LogP contribution in [0.5, 0.6) is 5.88 Å². The van der Waals surface area contributed by atoms with Crippen molar-refractivity contribution in [3.8, 4) is 28.3 Å². The zero-order valence-electron chi connectivity index (χ0n) is 15.7. The number of hydrogen-bond donors (Lipinski definition) is 0. The molecule has 29 heavy (non-hydrogen) atoms. The van der Waals surface area contributed by atoms with Gasteiger partial charge in [-0.3, -0.25) is 0 Å². The molecule has 2 aromatic carbocycles. The molecule has 7 heteroatoms. The maximum Gasteiger partial charge on any atom is 0.220 e. The van der Waals surface area contributed by atoms with Gasteiger partial charge in [-0.25, -0.2) is 4.98 Å². The number of benzene rings is 2. The summed E-state index contributed by atoms with van der Waals surface area (Å²) in [6, 6.07) is 14.0. The smallest absolute Gasteiger partial charge is 0.220 e. The van der Waals surface area contributed by atoms with E-state index in [1.165, 1.54) is 0 Å². The summed E-state index contributed by atoms with van der Waals surface area (Å²) in [4.78, 5) is 16.3. The fourth-order valence-electron chi connectivity index (χ4n) is 3.54.